The number of carbonyl (C=O) groups excluding carboxylic acids is 2. The van der Waals surface area contributed by atoms with Gasteiger partial charge in [0.2, 0.25) is 0 Å². The van der Waals surface area contributed by atoms with Gasteiger partial charge < -0.3 is 10.1 Å². The Morgan fingerprint density at radius 1 is 1.08 bits per heavy atom. The van der Waals surface area contributed by atoms with Crippen molar-refractivity contribution in [1.29, 1.82) is 0 Å². The lowest BCUT2D eigenvalue weighted by atomic mass is 9.63. The van der Waals surface area contributed by atoms with Crippen LogP contribution in [0.15, 0.2) is 59.3 Å². The Hall–Kier alpha value is -2.88. The Kier molecular flexibility index (Phi) is 4.94. The summed E-state index contributed by atoms with van der Waals surface area (Å²) in [7, 11) is 1.44. The molecule has 2 fully saturated rings. The van der Waals surface area contributed by atoms with Gasteiger partial charge in [-0.05, 0) is 52.4 Å². The molecule has 0 radical (unpaired) electrons. The zero-order valence-corrected chi connectivity index (χ0v) is 22.3. The summed E-state index contributed by atoms with van der Waals surface area (Å²) in [6.45, 7) is 11.3. The number of rotatable bonds is 2. The van der Waals surface area contributed by atoms with Gasteiger partial charge in [0.15, 0.2) is 5.78 Å². The molecule has 4 heteroatoms. The number of carbonyl (C=O) groups is 2. The van der Waals surface area contributed by atoms with E-state index in [2.05, 4.69) is 62.5 Å². The molecule has 2 saturated carbocycles. The van der Waals surface area contributed by atoms with Crippen LogP contribution in [0.25, 0.3) is 10.8 Å². The maximum absolute atomic E-state index is 13.8. The van der Waals surface area contributed by atoms with Crippen LogP contribution >= 0.6 is 0 Å². The fourth-order valence-electron chi connectivity index (χ4n) is 7.97. The Morgan fingerprint density at radius 2 is 1.83 bits per heavy atom. The monoisotopic (exact) mass is 483 g/mol. The van der Waals surface area contributed by atoms with Crippen LogP contribution in [0.5, 0.6) is 0 Å². The first-order valence-electron chi connectivity index (χ1n) is 13.3. The van der Waals surface area contributed by atoms with Crippen molar-refractivity contribution in [2.45, 2.75) is 66.2 Å². The number of hydrogen-bond donors (Lipinski definition) is 1. The molecule has 0 unspecified atom stereocenters. The molecular weight excluding hydrogens is 446 g/mol. The van der Waals surface area contributed by atoms with Gasteiger partial charge in [-0.1, -0.05) is 82.7 Å². The minimum absolute atomic E-state index is 0.135. The maximum Gasteiger partial charge on any atom is 0.315 e. The molecule has 188 valence electrons. The van der Waals surface area contributed by atoms with Gasteiger partial charge in [-0.2, -0.15) is 0 Å². The second-order valence-electron chi connectivity index (χ2n) is 12.9. The van der Waals surface area contributed by atoms with E-state index in [0.29, 0.717) is 12.3 Å². The molecule has 2 bridgehead atoms. The summed E-state index contributed by atoms with van der Waals surface area (Å²) >= 11 is 0. The molecule has 0 saturated heterocycles. The maximum atomic E-state index is 13.8. The normalized spacial score (nSPS) is 32.9. The number of nitrogens with one attached hydrogen (secondary N) is 1. The van der Waals surface area contributed by atoms with Crippen molar-refractivity contribution in [3.8, 4) is 0 Å². The fraction of sp³-hybridized carbons (Fsp3) is 0.500. The van der Waals surface area contributed by atoms with Crippen molar-refractivity contribution in [3.05, 3.63) is 64.9 Å². The predicted molar refractivity (Wildman–Crippen MR) is 144 cm³/mol. The van der Waals surface area contributed by atoms with Gasteiger partial charge in [0.05, 0.1) is 12.8 Å². The molecule has 4 aliphatic rings. The third kappa shape index (κ3) is 2.99. The summed E-state index contributed by atoms with van der Waals surface area (Å²) in [5.74, 6) is -0.149. The first kappa shape index (κ1) is 23.5. The van der Waals surface area contributed by atoms with Gasteiger partial charge in [0.25, 0.3) is 0 Å². The van der Waals surface area contributed by atoms with E-state index in [1.165, 1.54) is 25.5 Å². The number of anilines is 1. The highest BCUT2D eigenvalue weighted by molar-refractivity contribution is 6.06. The average molecular weight is 484 g/mol. The Balaban J connectivity index is 1.61. The summed E-state index contributed by atoms with van der Waals surface area (Å²) in [5.41, 5.74) is 4.97. The van der Waals surface area contributed by atoms with Crippen LogP contribution < -0.4 is 5.32 Å². The number of benzene rings is 2. The summed E-state index contributed by atoms with van der Waals surface area (Å²) < 4.78 is 5.30. The average Bonchev–Trinajstić information content (AvgIpc) is 3.16. The van der Waals surface area contributed by atoms with Crippen LogP contribution in [-0.4, -0.2) is 18.9 Å². The minimum atomic E-state index is -0.532. The van der Waals surface area contributed by atoms with Gasteiger partial charge >= 0.3 is 5.97 Å². The zero-order chi connectivity index (χ0) is 25.6. The van der Waals surface area contributed by atoms with Crippen molar-refractivity contribution in [2.75, 3.05) is 12.4 Å². The summed E-state index contributed by atoms with van der Waals surface area (Å²) in [6, 6.07) is 12.7. The Bertz CT molecular complexity index is 1380. The minimum Gasteiger partial charge on any atom is -0.468 e. The summed E-state index contributed by atoms with van der Waals surface area (Å²) in [4.78, 5) is 27.0. The summed E-state index contributed by atoms with van der Waals surface area (Å²) in [6.07, 6.45) is 6.32. The lowest BCUT2D eigenvalue weighted by Crippen LogP contribution is -2.44. The van der Waals surface area contributed by atoms with Crippen molar-refractivity contribution in [3.63, 3.8) is 0 Å². The number of fused-ring (bicyclic) bond motifs is 5. The van der Waals surface area contributed by atoms with Crippen molar-refractivity contribution in [1.82, 2.24) is 0 Å². The van der Waals surface area contributed by atoms with Crippen LogP contribution in [0.4, 0.5) is 5.69 Å². The Labute approximate surface area is 214 Å². The molecule has 1 heterocycles. The first-order chi connectivity index (χ1) is 17.0. The van der Waals surface area contributed by atoms with Gasteiger partial charge in [0.1, 0.15) is 5.92 Å². The molecule has 36 heavy (non-hydrogen) atoms. The smallest absolute Gasteiger partial charge is 0.315 e. The van der Waals surface area contributed by atoms with E-state index in [1.807, 2.05) is 19.9 Å². The van der Waals surface area contributed by atoms with E-state index in [0.717, 1.165) is 39.7 Å². The van der Waals surface area contributed by atoms with E-state index in [9.17, 15) is 9.59 Å². The number of ketones is 1. The fourth-order valence-corrected chi connectivity index (χ4v) is 7.97. The van der Waals surface area contributed by atoms with E-state index in [1.54, 1.807) is 0 Å². The number of methoxy groups -OCH3 is 1. The van der Waals surface area contributed by atoms with Crippen LogP contribution in [0.3, 0.4) is 0 Å². The topological polar surface area (TPSA) is 55.4 Å². The number of ether oxygens (including phenoxy) is 1. The third-order valence-electron chi connectivity index (χ3n) is 10.6. The van der Waals surface area contributed by atoms with Crippen LogP contribution in [0, 0.1) is 28.1 Å². The van der Waals surface area contributed by atoms with Gasteiger partial charge in [0, 0.05) is 29.0 Å². The molecule has 1 N–H and O–H groups in total. The highest BCUT2D eigenvalue weighted by Gasteiger charge is 2.59. The number of allylic oxidation sites excluding steroid dienone is 3. The second kappa shape index (κ2) is 7.57. The molecule has 3 aliphatic carbocycles. The van der Waals surface area contributed by atoms with E-state index < -0.39 is 11.3 Å². The molecule has 6 rings (SSSR count). The molecule has 2 aromatic rings. The molecule has 2 aromatic carbocycles. The third-order valence-corrected chi connectivity index (χ3v) is 10.6. The lowest BCUT2D eigenvalue weighted by molar-refractivity contribution is -0.148. The molecule has 0 spiro atoms. The van der Waals surface area contributed by atoms with Gasteiger partial charge in [-0.15, -0.1) is 0 Å². The molecule has 1 aliphatic heterocycles. The summed E-state index contributed by atoms with van der Waals surface area (Å²) in [5, 5.41) is 5.89. The highest BCUT2D eigenvalue weighted by Crippen LogP contribution is 2.68. The highest BCUT2D eigenvalue weighted by atomic mass is 16.5. The standard InChI is InChI=1S/C32H37NO3/c1-30(2)17-24(34)25-23(16-20-15-19-13-14-32(20,5)31(19,3)4)22-12-11-18-9-7-8-10-21(18)27(22)33-28(25)26(30)29(35)36-6/h7-12,16,19,23,26,33H,13-15,17H2,1-6H3/t19-,23+,26+,32+/m0/s1. The Morgan fingerprint density at radius 3 is 2.50 bits per heavy atom. The molecule has 0 aromatic heterocycles. The number of hydrogen-bond acceptors (Lipinski definition) is 4. The van der Waals surface area contributed by atoms with Crippen LogP contribution in [0.2, 0.25) is 0 Å². The second-order valence-corrected chi connectivity index (χ2v) is 12.9. The van der Waals surface area contributed by atoms with E-state index in [-0.39, 0.29) is 28.5 Å². The largest absolute Gasteiger partial charge is 0.468 e. The van der Waals surface area contributed by atoms with E-state index in [4.69, 9.17) is 4.74 Å². The first-order valence-corrected chi connectivity index (χ1v) is 13.3. The SMILES string of the molecule is COC(=O)[C@H]1C2=C(C(=O)CC1(C)C)[C@H](C=C1C[C@@H]3CC[C@@]1(C)C3(C)C)c1ccc3ccccc3c1N2. The van der Waals surface area contributed by atoms with Crippen LogP contribution in [-0.2, 0) is 14.3 Å². The van der Waals surface area contributed by atoms with Crippen molar-refractivity contribution >= 4 is 28.2 Å². The number of Topliss-reactive ketones (excluding diaryl/α,β-unsaturated/α-hetero) is 1. The molecule has 4 nitrogen and oxygen atoms in total. The van der Waals surface area contributed by atoms with Crippen molar-refractivity contribution in [2.24, 2.45) is 28.1 Å². The molecule has 0 amide bonds. The number of esters is 1. The zero-order valence-electron chi connectivity index (χ0n) is 22.3. The van der Waals surface area contributed by atoms with Gasteiger partial charge in [-0.25, -0.2) is 0 Å². The van der Waals surface area contributed by atoms with Crippen molar-refractivity contribution < 1.29 is 14.3 Å². The van der Waals surface area contributed by atoms with Crippen LogP contribution in [0.1, 0.15) is 71.8 Å². The lowest BCUT2D eigenvalue weighted by Gasteiger charge is -2.44. The van der Waals surface area contributed by atoms with Gasteiger partial charge in [-0.3, -0.25) is 9.59 Å². The molecule has 4 atom stereocenters. The molecular formula is C32H37NO3. The predicted octanol–water partition coefficient (Wildman–Crippen LogP) is 7.16. The quantitative estimate of drug-likeness (QED) is 0.364. The van der Waals surface area contributed by atoms with E-state index >= 15 is 0 Å².